The number of ether oxygens (including phenoxy) is 1. The van der Waals surface area contributed by atoms with Crippen LogP contribution in [0.25, 0.3) is 0 Å². The first-order chi connectivity index (χ1) is 9.61. The zero-order valence-corrected chi connectivity index (χ0v) is 11.2. The van der Waals surface area contributed by atoms with Gasteiger partial charge in [0.2, 0.25) is 0 Å². The van der Waals surface area contributed by atoms with Gasteiger partial charge in [0, 0.05) is 11.6 Å². The van der Waals surface area contributed by atoms with Crippen molar-refractivity contribution in [1.29, 1.82) is 0 Å². The summed E-state index contributed by atoms with van der Waals surface area (Å²) in [6, 6.07) is 10.7. The molecule has 2 aromatic rings. The molecule has 0 amide bonds. The van der Waals surface area contributed by atoms with Gasteiger partial charge in [-0.05, 0) is 19.1 Å². The van der Waals surface area contributed by atoms with Crippen LogP contribution < -0.4 is 10.1 Å². The number of benzene rings is 1. The SMILES string of the molecule is COc1ccccc1C(C)Nc1ccc([N+](=O)[O-])cn1. The summed E-state index contributed by atoms with van der Waals surface area (Å²) in [6.07, 6.45) is 1.23. The first-order valence-electron chi connectivity index (χ1n) is 6.11. The summed E-state index contributed by atoms with van der Waals surface area (Å²) in [7, 11) is 1.62. The number of anilines is 1. The quantitative estimate of drug-likeness (QED) is 0.668. The Kier molecular flexibility index (Phi) is 4.14. The molecule has 0 bridgehead atoms. The minimum absolute atomic E-state index is 0.0273. The van der Waals surface area contributed by atoms with E-state index in [0.717, 1.165) is 11.3 Å². The van der Waals surface area contributed by atoms with Gasteiger partial charge >= 0.3 is 0 Å². The van der Waals surface area contributed by atoms with Crippen LogP contribution in [0, 0.1) is 10.1 Å². The summed E-state index contributed by atoms with van der Waals surface area (Å²) in [5, 5.41) is 13.8. The van der Waals surface area contributed by atoms with E-state index in [9.17, 15) is 10.1 Å². The maximum Gasteiger partial charge on any atom is 0.287 e. The van der Waals surface area contributed by atoms with Crippen LogP contribution in [0.2, 0.25) is 0 Å². The summed E-state index contributed by atoms with van der Waals surface area (Å²) in [6.45, 7) is 1.97. The summed E-state index contributed by atoms with van der Waals surface area (Å²) in [4.78, 5) is 14.1. The number of para-hydroxylation sites is 1. The van der Waals surface area contributed by atoms with Gasteiger partial charge in [-0.2, -0.15) is 0 Å². The van der Waals surface area contributed by atoms with Crippen LogP contribution >= 0.6 is 0 Å². The first-order valence-corrected chi connectivity index (χ1v) is 6.11. The lowest BCUT2D eigenvalue weighted by Gasteiger charge is -2.17. The number of nitrogens with zero attached hydrogens (tertiary/aromatic N) is 2. The number of pyridine rings is 1. The highest BCUT2D eigenvalue weighted by Gasteiger charge is 2.12. The molecule has 0 aliphatic rings. The van der Waals surface area contributed by atoms with Crippen molar-refractivity contribution in [1.82, 2.24) is 4.98 Å². The lowest BCUT2D eigenvalue weighted by molar-refractivity contribution is -0.385. The second-order valence-corrected chi connectivity index (χ2v) is 4.27. The fraction of sp³-hybridized carbons (Fsp3) is 0.214. The van der Waals surface area contributed by atoms with E-state index in [1.807, 2.05) is 31.2 Å². The van der Waals surface area contributed by atoms with Gasteiger partial charge in [0.25, 0.3) is 5.69 Å². The molecule has 0 saturated heterocycles. The maximum atomic E-state index is 10.6. The maximum absolute atomic E-state index is 10.6. The Morgan fingerprint density at radius 3 is 2.65 bits per heavy atom. The van der Waals surface area contributed by atoms with Gasteiger partial charge < -0.3 is 10.1 Å². The summed E-state index contributed by atoms with van der Waals surface area (Å²) >= 11 is 0. The van der Waals surface area contributed by atoms with Crippen LogP contribution in [-0.4, -0.2) is 17.0 Å². The molecular formula is C14H15N3O3. The highest BCUT2D eigenvalue weighted by atomic mass is 16.6. The van der Waals surface area contributed by atoms with Gasteiger partial charge in [0.05, 0.1) is 18.1 Å². The van der Waals surface area contributed by atoms with E-state index in [4.69, 9.17) is 4.74 Å². The summed E-state index contributed by atoms with van der Waals surface area (Å²) in [5.41, 5.74) is 0.968. The molecule has 0 radical (unpaired) electrons. The van der Waals surface area contributed by atoms with E-state index in [0.29, 0.717) is 5.82 Å². The smallest absolute Gasteiger partial charge is 0.287 e. The molecule has 1 atom stereocenters. The van der Waals surface area contributed by atoms with Crippen molar-refractivity contribution in [2.24, 2.45) is 0 Å². The third-order valence-corrected chi connectivity index (χ3v) is 2.93. The Morgan fingerprint density at radius 1 is 1.30 bits per heavy atom. The third-order valence-electron chi connectivity index (χ3n) is 2.93. The lowest BCUT2D eigenvalue weighted by Crippen LogP contribution is -2.09. The molecule has 0 aliphatic carbocycles. The number of hydrogen-bond donors (Lipinski definition) is 1. The van der Waals surface area contributed by atoms with E-state index in [1.54, 1.807) is 13.2 Å². The van der Waals surface area contributed by atoms with Crippen LogP contribution in [0.3, 0.4) is 0 Å². The molecule has 6 nitrogen and oxygen atoms in total. The predicted octanol–water partition coefficient (Wildman–Crippen LogP) is 3.17. The molecule has 0 fully saturated rings. The predicted molar refractivity (Wildman–Crippen MR) is 75.9 cm³/mol. The van der Waals surface area contributed by atoms with Gasteiger partial charge in [-0.25, -0.2) is 4.98 Å². The number of hydrogen-bond acceptors (Lipinski definition) is 5. The van der Waals surface area contributed by atoms with Gasteiger partial charge in [-0.1, -0.05) is 18.2 Å². The molecule has 1 aromatic heterocycles. The summed E-state index contributed by atoms with van der Waals surface area (Å²) in [5.74, 6) is 1.36. The molecule has 2 rings (SSSR count). The number of nitro groups is 1. The van der Waals surface area contributed by atoms with E-state index < -0.39 is 4.92 Å². The van der Waals surface area contributed by atoms with Crippen LogP contribution in [0.1, 0.15) is 18.5 Å². The van der Waals surface area contributed by atoms with Crippen molar-refractivity contribution in [3.8, 4) is 5.75 Å². The Hall–Kier alpha value is -2.63. The molecular weight excluding hydrogens is 258 g/mol. The highest BCUT2D eigenvalue weighted by Crippen LogP contribution is 2.27. The van der Waals surface area contributed by atoms with Crippen molar-refractivity contribution < 1.29 is 9.66 Å². The number of methoxy groups -OCH3 is 1. The molecule has 1 heterocycles. The Bertz CT molecular complexity index is 599. The Morgan fingerprint density at radius 2 is 2.05 bits per heavy atom. The molecule has 104 valence electrons. The van der Waals surface area contributed by atoms with E-state index in [-0.39, 0.29) is 11.7 Å². The van der Waals surface area contributed by atoms with E-state index >= 15 is 0 Å². The minimum atomic E-state index is -0.472. The molecule has 0 saturated carbocycles. The second-order valence-electron chi connectivity index (χ2n) is 4.27. The average Bonchev–Trinajstić information content (AvgIpc) is 2.47. The lowest BCUT2D eigenvalue weighted by atomic mass is 10.1. The standard InChI is InChI=1S/C14H15N3O3/c1-10(12-5-3-4-6-13(12)20-2)16-14-8-7-11(9-15-14)17(18)19/h3-10H,1-2H3,(H,15,16). The number of aromatic nitrogens is 1. The normalized spacial score (nSPS) is 11.7. The van der Waals surface area contributed by atoms with Gasteiger partial charge in [-0.3, -0.25) is 10.1 Å². The van der Waals surface area contributed by atoms with Gasteiger partial charge in [0.15, 0.2) is 0 Å². The van der Waals surface area contributed by atoms with Crippen LogP contribution in [0.4, 0.5) is 11.5 Å². The molecule has 0 aliphatic heterocycles. The number of nitrogens with one attached hydrogen (secondary N) is 1. The largest absolute Gasteiger partial charge is 0.496 e. The zero-order valence-electron chi connectivity index (χ0n) is 11.2. The van der Waals surface area contributed by atoms with Crippen LogP contribution in [0.15, 0.2) is 42.6 Å². The molecule has 1 unspecified atom stereocenters. The monoisotopic (exact) mass is 273 g/mol. The van der Waals surface area contributed by atoms with E-state index in [1.165, 1.54) is 12.3 Å². The molecule has 20 heavy (non-hydrogen) atoms. The Labute approximate surface area is 116 Å². The minimum Gasteiger partial charge on any atom is -0.496 e. The van der Waals surface area contributed by atoms with Crippen molar-refractivity contribution in [2.45, 2.75) is 13.0 Å². The van der Waals surface area contributed by atoms with Crippen molar-refractivity contribution in [3.05, 3.63) is 58.3 Å². The fourth-order valence-electron chi connectivity index (χ4n) is 1.90. The topological polar surface area (TPSA) is 77.3 Å². The Balaban J connectivity index is 2.14. The van der Waals surface area contributed by atoms with Crippen molar-refractivity contribution in [3.63, 3.8) is 0 Å². The van der Waals surface area contributed by atoms with Crippen LogP contribution in [-0.2, 0) is 0 Å². The fourth-order valence-corrected chi connectivity index (χ4v) is 1.90. The molecule has 1 N–H and O–H groups in total. The average molecular weight is 273 g/mol. The molecule has 1 aromatic carbocycles. The molecule has 0 spiro atoms. The van der Waals surface area contributed by atoms with Crippen molar-refractivity contribution in [2.75, 3.05) is 12.4 Å². The van der Waals surface area contributed by atoms with Crippen LogP contribution in [0.5, 0.6) is 5.75 Å². The second kappa shape index (κ2) is 6.01. The van der Waals surface area contributed by atoms with Gasteiger partial charge in [0.1, 0.15) is 17.8 Å². The molecule has 6 heteroatoms. The third kappa shape index (κ3) is 3.03. The highest BCUT2D eigenvalue weighted by molar-refractivity contribution is 5.45. The number of rotatable bonds is 5. The zero-order chi connectivity index (χ0) is 14.5. The first kappa shape index (κ1) is 13.8. The van der Waals surface area contributed by atoms with Gasteiger partial charge in [-0.15, -0.1) is 0 Å². The van der Waals surface area contributed by atoms with Crippen molar-refractivity contribution >= 4 is 11.5 Å². The summed E-state index contributed by atoms with van der Waals surface area (Å²) < 4.78 is 5.31. The van der Waals surface area contributed by atoms with E-state index in [2.05, 4.69) is 10.3 Å².